The van der Waals surface area contributed by atoms with Crippen molar-refractivity contribution in [3.8, 4) is 23.7 Å². The maximum absolute atomic E-state index is 12.4. The predicted molar refractivity (Wildman–Crippen MR) is 127 cm³/mol. The second-order valence-electron chi connectivity index (χ2n) is 7.61. The summed E-state index contributed by atoms with van der Waals surface area (Å²) in [6, 6.07) is 7.93. The molecule has 174 valence electrons. The number of nitrogens with two attached hydrogens (primary N) is 1. The smallest absolute Gasteiger partial charge is 0.298 e. The minimum atomic E-state index is -3.67. The van der Waals surface area contributed by atoms with Crippen LogP contribution in [0.5, 0.6) is 0 Å². The number of benzene rings is 1. The summed E-state index contributed by atoms with van der Waals surface area (Å²) in [5.41, 5.74) is 6.96. The van der Waals surface area contributed by atoms with Crippen molar-refractivity contribution in [2.75, 3.05) is 25.4 Å². The second kappa shape index (κ2) is 9.91. The lowest BCUT2D eigenvalue weighted by Crippen LogP contribution is -2.40. The first-order valence-corrected chi connectivity index (χ1v) is 12.1. The number of piperidine rings is 1. The van der Waals surface area contributed by atoms with E-state index in [0.29, 0.717) is 29.8 Å². The van der Waals surface area contributed by atoms with E-state index in [2.05, 4.69) is 43.5 Å². The van der Waals surface area contributed by atoms with Crippen molar-refractivity contribution in [1.82, 2.24) is 29.4 Å². The van der Waals surface area contributed by atoms with Gasteiger partial charge in [0, 0.05) is 13.1 Å². The molecular formula is C23H23N7O3S. The highest BCUT2D eigenvalue weighted by molar-refractivity contribution is 7.89. The van der Waals surface area contributed by atoms with Gasteiger partial charge in [0.2, 0.25) is 10.0 Å². The van der Waals surface area contributed by atoms with Gasteiger partial charge in [-0.1, -0.05) is 30.0 Å². The van der Waals surface area contributed by atoms with E-state index in [0.717, 1.165) is 12.8 Å². The molecule has 0 saturated carbocycles. The van der Waals surface area contributed by atoms with Crippen molar-refractivity contribution in [1.29, 1.82) is 0 Å². The fraction of sp³-hybridized carbons (Fsp3) is 0.304. The van der Waals surface area contributed by atoms with E-state index < -0.39 is 10.0 Å². The van der Waals surface area contributed by atoms with Crippen LogP contribution in [-0.2, 0) is 14.8 Å². The number of nitrogen functional groups attached to an aromatic ring is 1. The van der Waals surface area contributed by atoms with Gasteiger partial charge in [0.15, 0.2) is 5.65 Å². The number of anilines is 1. The Bertz CT molecular complexity index is 1440. The molecule has 0 aliphatic carbocycles. The third-order valence-corrected chi connectivity index (χ3v) is 6.81. The molecular weight excluding hydrogens is 454 g/mol. The highest BCUT2D eigenvalue weighted by atomic mass is 32.2. The van der Waals surface area contributed by atoms with Crippen LogP contribution in [-0.4, -0.2) is 58.6 Å². The van der Waals surface area contributed by atoms with Crippen molar-refractivity contribution >= 4 is 32.8 Å². The van der Waals surface area contributed by atoms with Crippen LogP contribution in [0.1, 0.15) is 31.5 Å². The first-order valence-electron chi connectivity index (χ1n) is 10.6. The Morgan fingerprint density at radius 2 is 2.06 bits per heavy atom. The fourth-order valence-corrected chi connectivity index (χ4v) is 4.75. The lowest BCUT2D eigenvalue weighted by molar-refractivity contribution is -0.126. The SMILES string of the molecule is CC#CC(=O)N1CCC[C@@H](n2nc(C#CCNS(=O)(=O)c3ccccc3)c3c(N)ncnc32)C1. The number of amides is 1. The number of carbonyl (C=O) groups is 1. The van der Waals surface area contributed by atoms with Crippen LogP contribution in [0.4, 0.5) is 5.82 Å². The van der Waals surface area contributed by atoms with Gasteiger partial charge < -0.3 is 10.6 Å². The standard InChI is InChI=1S/C23H23N7O3S/c1-2-8-20(31)29-14-7-9-17(15-29)30-23-21(22(24)25-16-26-23)19(28-30)12-6-13-27-34(32,33)18-10-4-3-5-11-18/h3-5,10-11,16-17,27H,7,9,13-15H2,1H3,(H2,24,25,26)/t17-/m1/s1. The Morgan fingerprint density at radius 1 is 1.26 bits per heavy atom. The van der Waals surface area contributed by atoms with E-state index in [1.165, 1.54) is 18.5 Å². The average Bonchev–Trinajstić information content (AvgIpc) is 3.22. The Balaban J connectivity index is 1.59. The lowest BCUT2D eigenvalue weighted by Gasteiger charge is -2.31. The number of fused-ring (bicyclic) bond motifs is 1. The zero-order valence-electron chi connectivity index (χ0n) is 18.5. The van der Waals surface area contributed by atoms with Gasteiger partial charge in [-0.15, -0.1) is 0 Å². The van der Waals surface area contributed by atoms with Crippen molar-refractivity contribution in [2.45, 2.75) is 30.7 Å². The zero-order chi connectivity index (χ0) is 24.1. The number of hydrogen-bond acceptors (Lipinski definition) is 7. The first-order chi connectivity index (χ1) is 16.4. The topological polar surface area (TPSA) is 136 Å². The molecule has 0 bridgehead atoms. The Morgan fingerprint density at radius 3 is 2.82 bits per heavy atom. The van der Waals surface area contributed by atoms with Crippen LogP contribution in [0.3, 0.4) is 0 Å². The van der Waals surface area contributed by atoms with Crippen LogP contribution in [0.15, 0.2) is 41.6 Å². The minimum absolute atomic E-state index is 0.111. The van der Waals surface area contributed by atoms with Gasteiger partial charge in [-0.05, 0) is 43.7 Å². The molecule has 0 radical (unpaired) electrons. The molecule has 1 aromatic carbocycles. The van der Waals surface area contributed by atoms with Crippen LogP contribution >= 0.6 is 0 Å². The summed E-state index contributed by atoms with van der Waals surface area (Å²) < 4.78 is 28.9. The van der Waals surface area contributed by atoms with Gasteiger partial charge in [-0.2, -0.15) is 9.82 Å². The molecule has 3 aromatic rings. The van der Waals surface area contributed by atoms with Crippen molar-refractivity contribution in [3.05, 3.63) is 42.4 Å². The number of nitrogens with zero attached hydrogens (tertiary/aromatic N) is 5. The normalized spacial score (nSPS) is 15.8. The number of rotatable bonds is 4. The highest BCUT2D eigenvalue weighted by Crippen LogP contribution is 2.28. The molecule has 1 fully saturated rings. The summed E-state index contributed by atoms with van der Waals surface area (Å²) in [6.07, 6.45) is 2.95. The minimum Gasteiger partial charge on any atom is -0.383 e. The molecule has 34 heavy (non-hydrogen) atoms. The summed E-state index contributed by atoms with van der Waals surface area (Å²) in [5.74, 6) is 10.9. The van der Waals surface area contributed by atoms with Gasteiger partial charge in [0.05, 0.1) is 22.9 Å². The van der Waals surface area contributed by atoms with Gasteiger partial charge in [-0.25, -0.2) is 23.1 Å². The van der Waals surface area contributed by atoms with Gasteiger partial charge in [0.25, 0.3) is 5.91 Å². The molecule has 2 aromatic heterocycles. The highest BCUT2D eigenvalue weighted by Gasteiger charge is 2.27. The third-order valence-electron chi connectivity index (χ3n) is 5.39. The molecule has 4 rings (SSSR count). The lowest BCUT2D eigenvalue weighted by atomic mass is 10.1. The average molecular weight is 478 g/mol. The van der Waals surface area contributed by atoms with Crippen molar-refractivity contribution in [3.63, 3.8) is 0 Å². The van der Waals surface area contributed by atoms with E-state index in [4.69, 9.17) is 5.73 Å². The summed E-state index contributed by atoms with van der Waals surface area (Å²) in [5, 5.41) is 5.11. The van der Waals surface area contributed by atoms with E-state index in [9.17, 15) is 13.2 Å². The molecule has 11 heteroatoms. The molecule has 1 aliphatic heterocycles. The predicted octanol–water partition coefficient (Wildman–Crippen LogP) is 0.925. The summed E-state index contributed by atoms with van der Waals surface area (Å²) >= 11 is 0. The van der Waals surface area contributed by atoms with Crippen LogP contribution in [0.25, 0.3) is 11.0 Å². The molecule has 1 saturated heterocycles. The Hall–Kier alpha value is -3.93. The van der Waals surface area contributed by atoms with Crippen molar-refractivity contribution in [2.24, 2.45) is 0 Å². The number of hydrogen-bond donors (Lipinski definition) is 2. The number of sulfonamides is 1. The number of likely N-dealkylation sites (tertiary alicyclic amines) is 1. The molecule has 10 nitrogen and oxygen atoms in total. The molecule has 3 heterocycles. The number of carbonyl (C=O) groups excluding carboxylic acids is 1. The van der Waals surface area contributed by atoms with E-state index in [1.54, 1.807) is 34.7 Å². The third kappa shape index (κ3) is 4.86. The largest absolute Gasteiger partial charge is 0.383 e. The second-order valence-corrected chi connectivity index (χ2v) is 9.38. The molecule has 0 spiro atoms. The summed E-state index contributed by atoms with van der Waals surface area (Å²) in [6.45, 7) is 2.60. The van der Waals surface area contributed by atoms with Gasteiger partial charge in [-0.3, -0.25) is 4.79 Å². The summed E-state index contributed by atoms with van der Waals surface area (Å²) in [7, 11) is -3.67. The zero-order valence-corrected chi connectivity index (χ0v) is 19.3. The molecule has 1 aliphatic rings. The van der Waals surface area contributed by atoms with Gasteiger partial charge >= 0.3 is 0 Å². The fourth-order valence-electron chi connectivity index (χ4n) is 3.80. The van der Waals surface area contributed by atoms with Crippen molar-refractivity contribution < 1.29 is 13.2 Å². The Labute approximate surface area is 197 Å². The maximum Gasteiger partial charge on any atom is 0.298 e. The molecule has 0 unspecified atom stereocenters. The van der Waals surface area contributed by atoms with Gasteiger partial charge in [0.1, 0.15) is 17.8 Å². The summed E-state index contributed by atoms with van der Waals surface area (Å²) in [4.78, 5) is 22.5. The van der Waals surface area contributed by atoms with Crippen LogP contribution < -0.4 is 10.5 Å². The van der Waals surface area contributed by atoms with E-state index >= 15 is 0 Å². The molecule has 3 N–H and O–H groups in total. The molecule has 1 atom stereocenters. The van der Waals surface area contributed by atoms with Crippen LogP contribution in [0, 0.1) is 23.7 Å². The number of nitrogens with one attached hydrogen (secondary N) is 1. The van der Waals surface area contributed by atoms with E-state index in [1.807, 2.05) is 0 Å². The first kappa shape index (κ1) is 23.2. The Kier molecular flexibility index (Phi) is 6.77. The quantitative estimate of drug-likeness (QED) is 0.534. The maximum atomic E-state index is 12.4. The molecule has 1 amide bonds. The van der Waals surface area contributed by atoms with Crippen LogP contribution in [0.2, 0.25) is 0 Å². The number of aromatic nitrogens is 4. The monoisotopic (exact) mass is 477 g/mol. The van der Waals surface area contributed by atoms with E-state index in [-0.39, 0.29) is 29.2 Å².